The van der Waals surface area contributed by atoms with Crippen LogP contribution < -0.4 is 5.32 Å². The molecule has 0 spiro atoms. The van der Waals surface area contributed by atoms with Crippen molar-refractivity contribution in [2.24, 2.45) is 0 Å². The fraction of sp³-hybridized carbons (Fsp3) is 0.500. The second kappa shape index (κ2) is 6.95. The maximum atomic E-state index is 12.2. The van der Waals surface area contributed by atoms with E-state index in [0.29, 0.717) is 0 Å². The average molecular weight is 334 g/mol. The number of hydrogen-bond donors (Lipinski definition) is 1. The van der Waals surface area contributed by atoms with Gasteiger partial charge in [0.1, 0.15) is 5.60 Å². The zero-order valence-electron chi connectivity index (χ0n) is 12.9. The van der Waals surface area contributed by atoms with E-state index in [-0.39, 0.29) is 23.4 Å². The van der Waals surface area contributed by atoms with Gasteiger partial charge >= 0.3 is 12.1 Å². The molecule has 0 atom stereocenters. The number of esters is 1. The molecule has 6 nitrogen and oxygen atoms in total. The number of alkyl halides is 3. The first kappa shape index (κ1) is 18.9. The van der Waals surface area contributed by atoms with Crippen molar-refractivity contribution >= 4 is 11.7 Å². The highest BCUT2D eigenvalue weighted by molar-refractivity contribution is 5.91. The highest BCUT2D eigenvalue weighted by Crippen LogP contribution is 2.21. The van der Waals surface area contributed by atoms with Gasteiger partial charge in [-0.05, 0) is 32.4 Å². The van der Waals surface area contributed by atoms with Crippen LogP contribution in [-0.2, 0) is 11.3 Å². The number of nitrogens with one attached hydrogen (secondary N) is 1. The van der Waals surface area contributed by atoms with Crippen molar-refractivity contribution in [1.29, 1.82) is 0 Å². The van der Waals surface area contributed by atoms with Crippen LogP contribution in [0.1, 0.15) is 36.7 Å². The molecule has 0 aromatic heterocycles. The lowest BCUT2D eigenvalue weighted by atomic mass is 10.1. The molecule has 0 saturated heterocycles. The Balaban J connectivity index is 3.04. The Bertz CT molecular complexity index is 595. The van der Waals surface area contributed by atoms with Crippen molar-refractivity contribution in [2.45, 2.75) is 39.1 Å². The molecule has 0 radical (unpaired) electrons. The van der Waals surface area contributed by atoms with Crippen molar-refractivity contribution in [2.75, 3.05) is 6.54 Å². The first-order valence-electron chi connectivity index (χ1n) is 6.67. The minimum absolute atomic E-state index is 0.0137. The molecule has 9 heteroatoms. The number of nitro groups is 1. The molecule has 23 heavy (non-hydrogen) atoms. The molecule has 0 bridgehead atoms. The van der Waals surface area contributed by atoms with E-state index in [1.54, 1.807) is 20.8 Å². The monoisotopic (exact) mass is 334 g/mol. The van der Waals surface area contributed by atoms with E-state index in [1.165, 1.54) is 6.07 Å². The van der Waals surface area contributed by atoms with Crippen LogP contribution in [0.4, 0.5) is 18.9 Å². The summed E-state index contributed by atoms with van der Waals surface area (Å²) < 4.78 is 41.7. The van der Waals surface area contributed by atoms with Crippen molar-refractivity contribution in [3.63, 3.8) is 0 Å². The van der Waals surface area contributed by atoms with Crippen LogP contribution in [0, 0.1) is 10.1 Å². The number of non-ortho nitro benzene ring substituents is 1. The Morgan fingerprint density at radius 2 is 1.91 bits per heavy atom. The summed E-state index contributed by atoms with van der Waals surface area (Å²) in [5.41, 5.74) is -1.06. The molecule has 0 unspecified atom stereocenters. The SMILES string of the molecule is CC(C)(C)OC(=O)c1ccc([N+](=O)[O-])cc1CNCC(F)(F)F. The van der Waals surface area contributed by atoms with E-state index in [9.17, 15) is 28.1 Å². The third kappa shape index (κ3) is 6.64. The van der Waals surface area contributed by atoms with Crippen LogP contribution in [0.25, 0.3) is 0 Å². The Hall–Kier alpha value is -2.16. The first-order valence-corrected chi connectivity index (χ1v) is 6.67. The molecular formula is C14H17F3N2O4. The van der Waals surface area contributed by atoms with Crippen molar-refractivity contribution in [1.82, 2.24) is 5.32 Å². The third-order valence-electron chi connectivity index (χ3n) is 2.56. The standard InChI is InChI=1S/C14H17F3N2O4/c1-13(2,3)23-12(20)11-5-4-10(19(21)22)6-9(11)7-18-8-14(15,16)17/h4-6,18H,7-8H2,1-3H3. The van der Waals surface area contributed by atoms with Crippen molar-refractivity contribution < 1.29 is 27.6 Å². The normalized spacial score (nSPS) is 12.1. The van der Waals surface area contributed by atoms with E-state index in [1.807, 2.05) is 0 Å². The summed E-state index contributed by atoms with van der Waals surface area (Å²) in [5, 5.41) is 12.9. The number of hydrogen-bond acceptors (Lipinski definition) is 5. The van der Waals surface area contributed by atoms with Crippen molar-refractivity contribution in [3.05, 3.63) is 39.4 Å². The largest absolute Gasteiger partial charge is 0.456 e. The van der Waals surface area contributed by atoms with E-state index in [4.69, 9.17) is 4.74 Å². The molecule has 1 rings (SSSR count). The van der Waals surface area contributed by atoms with Gasteiger partial charge in [-0.15, -0.1) is 0 Å². The van der Waals surface area contributed by atoms with Gasteiger partial charge in [-0.2, -0.15) is 13.2 Å². The molecule has 0 aliphatic carbocycles. The minimum atomic E-state index is -4.42. The summed E-state index contributed by atoms with van der Waals surface area (Å²) in [6, 6.07) is 3.34. The number of ether oxygens (including phenoxy) is 1. The summed E-state index contributed by atoms with van der Waals surface area (Å²) in [4.78, 5) is 22.2. The smallest absolute Gasteiger partial charge is 0.401 e. The second-order valence-corrected chi connectivity index (χ2v) is 5.82. The van der Waals surface area contributed by atoms with Gasteiger partial charge < -0.3 is 10.1 Å². The number of nitrogens with zero attached hydrogens (tertiary/aromatic N) is 1. The number of carbonyl (C=O) groups excluding carboxylic acids is 1. The first-order chi connectivity index (χ1) is 10.4. The van der Waals surface area contributed by atoms with E-state index >= 15 is 0 Å². The van der Waals surface area contributed by atoms with Gasteiger partial charge in [-0.3, -0.25) is 10.1 Å². The van der Waals surface area contributed by atoms with E-state index in [0.717, 1.165) is 12.1 Å². The Kier molecular flexibility index (Phi) is 5.70. The van der Waals surface area contributed by atoms with Gasteiger partial charge in [0, 0.05) is 18.7 Å². The molecule has 0 amide bonds. The Morgan fingerprint density at radius 1 is 1.30 bits per heavy atom. The topological polar surface area (TPSA) is 81.5 Å². The zero-order valence-corrected chi connectivity index (χ0v) is 12.9. The maximum Gasteiger partial charge on any atom is 0.401 e. The van der Waals surface area contributed by atoms with Crippen LogP contribution in [0.2, 0.25) is 0 Å². The number of carbonyl (C=O) groups is 1. The minimum Gasteiger partial charge on any atom is -0.456 e. The summed E-state index contributed by atoms with van der Waals surface area (Å²) in [6.07, 6.45) is -4.42. The average Bonchev–Trinajstić information content (AvgIpc) is 2.34. The molecule has 0 aliphatic heterocycles. The van der Waals surface area contributed by atoms with Gasteiger partial charge in [0.15, 0.2) is 0 Å². The third-order valence-corrected chi connectivity index (χ3v) is 2.56. The number of halogens is 3. The van der Waals surface area contributed by atoms with E-state index in [2.05, 4.69) is 5.32 Å². The van der Waals surface area contributed by atoms with Crippen LogP contribution in [0.15, 0.2) is 18.2 Å². The number of rotatable bonds is 5. The van der Waals surface area contributed by atoms with E-state index < -0.39 is 29.2 Å². The van der Waals surface area contributed by atoms with Gasteiger partial charge in [-0.1, -0.05) is 0 Å². The fourth-order valence-corrected chi connectivity index (χ4v) is 1.71. The Labute approximate surface area is 130 Å². The molecule has 1 aromatic carbocycles. The Morgan fingerprint density at radius 3 is 2.39 bits per heavy atom. The van der Waals surface area contributed by atoms with Gasteiger partial charge in [0.2, 0.25) is 0 Å². The predicted molar refractivity (Wildman–Crippen MR) is 76.0 cm³/mol. The molecule has 0 aliphatic rings. The quantitative estimate of drug-likeness (QED) is 0.508. The molecular weight excluding hydrogens is 317 g/mol. The van der Waals surface area contributed by atoms with Crippen LogP contribution in [-0.4, -0.2) is 29.2 Å². The zero-order chi connectivity index (χ0) is 17.8. The van der Waals surface area contributed by atoms with Crippen LogP contribution in [0.5, 0.6) is 0 Å². The lowest BCUT2D eigenvalue weighted by Gasteiger charge is -2.20. The fourth-order valence-electron chi connectivity index (χ4n) is 1.71. The lowest BCUT2D eigenvalue weighted by Crippen LogP contribution is -2.29. The predicted octanol–water partition coefficient (Wildman–Crippen LogP) is 3.20. The lowest BCUT2D eigenvalue weighted by molar-refractivity contribution is -0.384. The van der Waals surface area contributed by atoms with Gasteiger partial charge in [0.05, 0.1) is 17.0 Å². The summed E-state index contributed by atoms with van der Waals surface area (Å²) in [7, 11) is 0. The summed E-state index contributed by atoms with van der Waals surface area (Å²) >= 11 is 0. The maximum absolute atomic E-state index is 12.2. The van der Waals surface area contributed by atoms with Crippen LogP contribution >= 0.6 is 0 Å². The van der Waals surface area contributed by atoms with Gasteiger partial charge in [-0.25, -0.2) is 4.79 Å². The molecule has 0 heterocycles. The van der Waals surface area contributed by atoms with Gasteiger partial charge in [0.25, 0.3) is 5.69 Å². The number of benzene rings is 1. The van der Waals surface area contributed by atoms with Crippen LogP contribution in [0.3, 0.4) is 0 Å². The highest BCUT2D eigenvalue weighted by Gasteiger charge is 2.27. The second-order valence-electron chi connectivity index (χ2n) is 5.82. The van der Waals surface area contributed by atoms with Crippen molar-refractivity contribution in [3.8, 4) is 0 Å². The molecule has 0 fully saturated rings. The molecule has 1 aromatic rings. The molecule has 0 saturated carbocycles. The molecule has 128 valence electrons. The highest BCUT2D eigenvalue weighted by atomic mass is 19.4. The summed E-state index contributed by atoms with van der Waals surface area (Å²) in [5.74, 6) is -0.754. The number of nitro benzene ring substituents is 1. The molecule has 1 N–H and O–H groups in total. The summed E-state index contributed by atoms with van der Waals surface area (Å²) in [6.45, 7) is 3.28.